The number of aliphatic hydroxyl groups is 1. The van der Waals surface area contributed by atoms with Crippen LogP contribution >= 0.6 is 11.6 Å². The summed E-state index contributed by atoms with van der Waals surface area (Å²) in [7, 11) is 0. The monoisotopic (exact) mass is 335 g/mol. The average molecular weight is 336 g/mol. The van der Waals surface area contributed by atoms with Crippen molar-refractivity contribution in [1.82, 2.24) is 0 Å². The van der Waals surface area contributed by atoms with Gasteiger partial charge in [-0.25, -0.2) is 9.59 Å². The van der Waals surface area contributed by atoms with E-state index < -0.39 is 39.3 Å². The van der Waals surface area contributed by atoms with Gasteiger partial charge in [0.05, 0.1) is 5.92 Å². The molecule has 0 saturated heterocycles. The Bertz CT molecular complexity index is 505. The van der Waals surface area contributed by atoms with E-state index in [0.29, 0.717) is 0 Å². The number of allylic oxidation sites excluding steroid dienone is 2. The SMILES string of the molecule is CC(C)(C)C1([N+](=O)[O-])C=CC=CC1C(O)C(=O)O.O=C(O)Cl. The van der Waals surface area contributed by atoms with Crippen LogP contribution in [0.25, 0.3) is 0 Å². The highest BCUT2D eigenvalue weighted by atomic mass is 35.5. The molecule has 3 atom stereocenters. The molecule has 0 radical (unpaired) electrons. The molecule has 9 heteroatoms. The van der Waals surface area contributed by atoms with Crippen molar-refractivity contribution < 1.29 is 29.8 Å². The van der Waals surface area contributed by atoms with Crippen LogP contribution in [0, 0.1) is 21.4 Å². The molecule has 3 N–H and O–H groups in total. The quantitative estimate of drug-likeness (QED) is 0.408. The van der Waals surface area contributed by atoms with Gasteiger partial charge >= 0.3 is 11.4 Å². The summed E-state index contributed by atoms with van der Waals surface area (Å²) in [5.74, 6) is -2.56. The van der Waals surface area contributed by atoms with Crippen LogP contribution in [0.3, 0.4) is 0 Å². The van der Waals surface area contributed by atoms with E-state index in [1.165, 1.54) is 24.3 Å². The second-order valence-corrected chi connectivity index (χ2v) is 5.96. The second-order valence-electron chi connectivity index (χ2n) is 5.64. The molecule has 0 aliphatic heterocycles. The maximum absolute atomic E-state index is 11.5. The molecule has 0 aromatic heterocycles. The molecule has 0 bridgehead atoms. The summed E-state index contributed by atoms with van der Waals surface area (Å²) in [5, 5.41) is 37.3. The van der Waals surface area contributed by atoms with E-state index in [2.05, 4.69) is 11.6 Å². The Hall–Kier alpha value is -1.93. The van der Waals surface area contributed by atoms with Crippen molar-refractivity contribution in [3.8, 4) is 0 Å². The highest BCUT2D eigenvalue weighted by Crippen LogP contribution is 2.44. The summed E-state index contributed by atoms with van der Waals surface area (Å²) in [4.78, 5) is 30.6. The van der Waals surface area contributed by atoms with Crippen molar-refractivity contribution in [1.29, 1.82) is 0 Å². The number of nitrogens with zero attached hydrogens (tertiary/aromatic N) is 1. The summed E-state index contributed by atoms with van der Waals surface area (Å²) in [6, 6.07) is 0. The van der Waals surface area contributed by atoms with Crippen LogP contribution in [0.1, 0.15) is 20.8 Å². The van der Waals surface area contributed by atoms with Gasteiger partial charge in [-0.15, -0.1) is 0 Å². The number of carbonyl (C=O) groups is 2. The Morgan fingerprint density at radius 2 is 1.77 bits per heavy atom. The van der Waals surface area contributed by atoms with Crippen molar-refractivity contribution in [2.24, 2.45) is 11.3 Å². The summed E-state index contributed by atoms with van der Waals surface area (Å²) < 4.78 is 0. The lowest BCUT2D eigenvalue weighted by molar-refractivity contribution is -0.584. The zero-order valence-corrected chi connectivity index (χ0v) is 13.0. The third kappa shape index (κ3) is 4.28. The van der Waals surface area contributed by atoms with E-state index in [4.69, 9.17) is 15.0 Å². The fourth-order valence-electron chi connectivity index (χ4n) is 2.35. The molecule has 1 aliphatic rings. The molecule has 1 aliphatic carbocycles. The van der Waals surface area contributed by atoms with Gasteiger partial charge in [0.25, 0.3) is 5.54 Å². The van der Waals surface area contributed by atoms with Crippen LogP contribution in [-0.2, 0) is 4.79 Å². The number of aliphatic hydroxyl groups excluding tert-OH is 1. The Labute approximate surface area is 131 Å². The molecule has 22 heavy (non-hydrogen) atoms. The lowest BCUT2D eigenvalue weighted by atomic mass is 9.63. The highest BCUT2D eigenvalue weighted by molar-refractivity contribution is 6.60. The Morgan fingerprint density at radius 3 is 2.09 bits per heavy atom. The van der Waals surface area contributed by atoms with Gasteiger partial charge in [-0.1, -0.05) is 39.0 Å². The van der Waals surface area contributed by atoms with Crippen molar-refractivity contribution in [3.05, 3.63) is 34.4 Å². The lowest BCUT2D eigenvalue weighted by Crippen LogP contribution is -2.58. The molecule has 1 rings (SSSR count). The molecular weight excluding hydrogens is 318 g/mol. The van der Waals surface area contributed by atoms with Gasteiger partial charge in [-0.2, -0.15) is 0 Å². The molecule has 3 unspecified atom stereocenters. The Balaban J connectivity index is 0.000000980. The highest BCUT2D eigenvalue weighted by Gasteiger charge is 2.60. The van der Waals surface area contributed by atoms with Gasteiger partial charge < -0.3 is 15.3 Å². The second kappa shape index (κ2) is 7.37. The predicted octanol–water partition coefficient (Wildman–Crippen LogP) is 2.14. The van der Waals surface area contributed by atoms with Crippen LogP contribution in [0.2, 0.25) is 0 Å². The van der Waals surface area contributed by atoms with Gasteiger partial charge in [-0.3, -0.25) is 10.1 Å². The molecular formula is C13H18ClNO7. The zero-order chi connectivity index (χ0) is 17.7. The van der Waals surface area contributed by atoms with Gasteiger partial charge in [0.1, 0.15) is 0 Å². The average Bonchev–Trinajstić information content (AvgIpc) is 2.35. The summed E-state index contributed by atoms with van der Waals surface area (Å²) in [6.07, 6.45) is 3.97. The summed E-state index contributed by atoms with van der Waals surface area (Å²) in [6.45, 7) is 4.96. The van der Waals surface area contributed by atoms with Crippen LogP contribution in [0.5, 0.6) is 0 Å². The van der Waals surface area contributed by atoms with Gasteiger partial charge in [0.15, 0.2) is 6.10 Å². The van der Waals surface area contributed by atoms with E-state index in [1.54, 1.807) is 20.8 Å². The number of carboxylic acids is 1. The molecule has 0 saturated carbocycles. The first-order chi connectivity index (χ1) is 9.87. The minimum Gasteiger partial charge on any atom is -0.479 e. The maximum atomic E-state index is 11.5. The van der Waals surface area contributed by atoms with Crippen molar-refractivity contribution in [2.45, 2.75) is 32.4 Å². The minimum atomic E-state index is -1.81. The first-order valence-corrected chi connectivity index (χ1v) is 6.55. The number of carboxylic acid groups (broad SMARTS) is 2. The Morgan fingerprint density at radius 1 is 1.32 bits per heavy atom. The normalized spacial score (nSPS) is 24.9. The zero-order valence-electron chi connectivity index (χ0n) is 12.3. The van der Waals surface area contributed by atoms with Crippen LogP contribution in [-0.4, -0.2) is 43.3 Å². The number of hydrogen-bond donors (Lipinski definition) is 3. The molecule has 0 aromatic carbocycles. The van der Waals surface area contributed by atoms with Crippen molar-refractivity contribution >= 4 is 23.0 Å². The fourth-order valence-corrected chi connectivity index (χ4v) is 2.35. The molecule has 0 fully saturated rings. The maximum Gasteiger partial charge on any atom is 0.401 e. The third-order valence-corrected chi connectivity index (χ3v) is 3.38. The van der Waals surface area contributed by atoms with Crippen LogP contribution in [0.15, 0.2) is 24.3 Å². The Kier molecular flexibility index (Phi) is 6.72. The van der Waals surface area contributed by atoms with Gasteiger partial charge in [0.2, 0.25) is 0 Å². The molecule has 8 nitrogen and oxygen atoms in total. The third-order valence-electron chi connectivity index (χ3n) is 3.38. The number of halogens is 1. The number of nitro groups is 1. The summed E-state index contributed by atoms with van der Waals surface area (Å²) in [5.41, 5.74) is -3.83. The van der Waals surface area contributed by atoms with Crippen molar-refractivity contribution in [2.75, 3.05) is 0 Å². The smallest absolute Gasteiger partial charge is 0.401 e. The number of aliphatic carboxylic acids is 1. The molecule has 0 amide bonds. The fraction of sp³-hybridized carbons (Fsp3) is 0.538. The molecule has 124 valence electrons. The summed E-state index contributed by atoms with van der Waals surface area (Å²) >= 11 is 4.19. The largest absolute Gasteiger partial charge is 0.479 e. The minimum absolute atomic E-state index is 0.510. The number of hydrogen-bond acceptors (Lipinski definition) is 5. The standard InChI is InChI=1S/C12H17NO5.CHClO2/c1-11(2,3)12(13(17)18)7-5-4-6-8(12)9(14)10(15)16;2-1(3)4/h4-9,14H,1-3H3,(H,15,16);(H,3,4). The first kappa shape index (κ1) is 20.1. The number of rotatable bonds is 3. The van der Waals surface area contributed by atoms with E-state index in [-0.39, 0.29) is 0 Å². The van der Waals surface area contributed by atoms with E-state index >= 15 is 0 Å². The predicted molar refractivity (Wildman–Crippen MR) is 78.5 cm³/mol. The van der Waals surface area contributed by atoms with Gasteiger partial charge in [-0.05, 0) is 6.08 Å². The van der Waals surface area contributed by atoms with E-state index in [0.717, 1.165) is 0 Å². The molecule has 0 heterocycles. The van der Waals surface area contributed by atoms with E-state index in [1.807, 2.05) is 0 Å². The first-order valence-electron chi connectivity index (χ1n) is 6.17. The van der Waals surface area contributed by atoms with Gasteiger partial charge in [0, 0.05) is 21.9 Å². The lowest BCUT2D eigenvalue weighted by Gasteiger charge is -2.41. The molecule has 0 spiro atoms. The van der Waals surface area contributed by atoms with Crippen LogP contribution < -0.4 is 0 Å². The van der Waals surface area contributed by atoms with Crippen LogP contribution in [0.4, 0.5) is 4.79 Å². The molecule has 0 aromatic rings. The topological polar surface area (TPSA) is 138 Å². The van der Waals surface area contributed by atoms with E-state index in [9.17, 15) is 20.0 Å². The van der Waals surface area contributed by atoms with Crippen molar-refractivity contribution in [3.63, 3.8) is 0 Å².